The SMILES string of the molecule is C=CC(=O)N1C[C@@H](C)N(c2nc(=O)n(-c3c(CCC)ncnc3CCC)c3nc(-c4ccccc4F)c(Cl)cc23)[C@@H](C)C1. The molecule has 1 saturated heterocycles. The van der Waals surface area contributed by atoms with E-state index in [4.69, 9.17) is 16.6 Å². The first kappa shape index (κ1) is 30.3. The Labute approximate surface area is 255 Å². The van der Waals surface area contributed by atoms with Crippen LogP contribution < -0.4 is 10.6 Å². The Kier molecular flexibility index (Phi) is 8.87. The summed E-state index contributed by atoms with van der Waals surface area (Å²) in [6.07, 6.45) is 5.67. The van der Waals surface area contributed by atoms with E-state index in [-0.39, 0.29) is 39.9 Å². The number of hydrogen-bond donors (Lipinski definition) is 0. The van der Waals surface area contributed by atoms with Crippen molar-refractivity contribution in [1.82, 2.24) is 29.4 Å². The van der Waals surface area contributed by atoms with Crippen molar-refractivity contribution in [3.63, 3.8) is 0 Å². The van der Waals surface area contributed by atoms with Gasteiger partial charge < -0.3 is 9.80 Å². The zero-order chi connectivity index (χ0) is 30.8. The van der Waals surface area contributed by atoms with E-state index in [1.165, 1.54) is 23.0 Å². The Balaban J connectivity index is 1.84. The largest absolute Gasteiger partial charge is 0.355 e. The minimum atomic E-state index is -0.551. The van der Waals surface area contributed by atoms with Gasteiger partial charge in [0.15, 0.2) is 5.65 Å². The smallest absolute Gasteiger partial charge is 0.347 e. The number of rotatable bonds is 8. The quantitative estimate of drug-likeness (QED) is 0.244. The van der Waals surface area contributed by atoms with Gasteiger partial charge in [-0.15, -0.1) is 0 Å². The summed E-state index contributed by atoms with van der Waals surface area (Å²) in [5, 5.41) is 0.749. The molecule has 4 aromatic rings. The summed E-state index contributed by atoms with van der Waals surface area (Å²) in [6, 6.07) is 7.60. The molecule has 4 heterocycles. The summed E-state index contributed by atoms with van der Waals surface area (Å²) in [6.45, 7) is 12.5. The second-order valence-corrected chi connectivity index (χ2v) is 11.3. The highest BCUT2D eigenvalue weighted by Crippen LogP contribution is 2.36. The first-order valence-electron chi connectivity index (χ1n) is 14.6. The number of nitrogens with zero attached hydrogens (tertiary/aromatic N) is 7. The van der Waals surface area contributed by atoms with Gasteiger partial charge in [-0.2, -0.15) is 4.98 Å². The van der Waals surface area contributed by atoms with Crippen LogP contribution in [0.3, 0.4) is 0 Å². The number of aryl methyl sites for hydroxylation is 2. The van der Waals surface area contributed by atoms with Gasteiger partial charge in [-0.3, -0.25) is 4.79 Å². The Bertz CT molecular complexity index is 1720. The fraction of sp³-hybridized carbons (Fsp3) is 0.375. The number of benzene rings is 1. The van der Waals surface area contributed by atoms with Gasteiger partial charge in [0, 0.05) is 30.7 Å². The summed E-state index contributed by atoms with van der Waals surface area (Å²) in [5.74, 6) is -0.227. The highest BCUT2D eigenvalue weighted by atomic mass is 35.5. The Morgan fingerprint density at radius 2 is 1.70 bits per heavy atom. The highest BCUT2D eigenvalue weighted by Gasteiger charge is 2.34. The molecule has 0 saturated carbocycles. The third-order valence-corrected chi connectivity index (χ3v) is 8.04. The molecule has 1 aromatic carbocycles. The van der Waals surface area contributed by atoms with E-state index in [2.05, 4.69) is 21.5 Å². The molecular weight excluding hydrogens is 569 g/mol. The molecule has 9 nitrogen and oxygen atoms in total. The number of hydrogen-bond acceptors (Lipinski definition) is 7. The van der Waals surface area contributed by atoms with E-state index >= 15 is 4.39 Å². The zero-order valence-corrected chi connectivity index (χ0v) is 25.6. The molecular formula is C32H35ClFN7O2. The molecule has 1 aliphatic rings. The molecule has 1 amide bonds. The van der Waals surface area contributed by atoms with Crippen LogP contribution in [-0.2, 0) is 17.6 Å². The lowest BCUT2D eigenvalue weighted by atomic mass is 10.1. The lowest BCUT2D eigenvalue weighted by molar-refractivity contribution is -0.127. The minimum Gasteiger partial charge on any atom is -0.347 e. The van der Waals surface area contributed by atoms with Gasteiger partial charge in [0.05, 0.1) is 33.2 Å². The van der Waals surface area contributed by atoms with Crippen molar-refractivity contribution in [3.8, 4) is 16.9 Å². The third-order valence-electron chi connectivity index (χ3n) is 7.75. The van der Waals surface area contributed by atoms with Crippen molar-refractivity contribution in [1.29, 1.82) is 0 Å². The summed E-state index contributed by atoms with van der Waals surface area (Å²) in [4.78, 5) is 49.0. The van der Waals surface area contributed by atoms with Crippen LogP contribution in [-0.4, -0.2) is 60.5 Å². The predicted octanol–water partition coefficient (Wildman–Crippen LogP) is 5.55. The summed E-state index contributed by atoms with van der Waals surface area (Å²) >= 11 is 6.83. The molecule has 2 atom stereocenters. The number of carbonyl (C=O) groups is 1. The molecule has 11 heteroatoms. The maximum atomic E-state index is 15.0. The highest BCUT2D eigenvalue weighted by molar-refractivity contribution is 6.33. The lowest BCUT2D eigenvalue weighted by Crippen LogP contribution is -2.58. The van der Waals surface area contributed by atoms with Crippen molar-refractivity contribution in [3.05, 3.63) is 82.0 Å². The number of halogens is 2. The van der Waals surface area contributed by atoms with Crippen molar-refractivity contribution in [2.75, 3.05) is 18.0 Å². The topological polar surface area (TPSA) is 97.1 Å². The molecule has 43 heavy (non-hydrogen) atoms. The average molecular weight is 604 g/mol. The first-order chi connectivity index (χ1) is 20.7. The van der Waals surface area contributed by atoms with E-state index < -0.39 is 11.5 Å². The van der Waals surface area contributed by atoms with Crippen LogP contribution >= 0.6 is 11.6 Å². The first-order valence-corrected chi connectivity index (χ1v) is 15.0. The molecule has 1 aliphatic heterocycles. The standard InChI is InChI=1S/C32H35ClFN7O2/c1-6-11-25-29(26(12-7-2)36-18-35-25)41-30-22(15-23(33)28(37-30)21-13-9-10-14-24(21)34)31(38-32(41)43)40-19(4)16-39(17-20(40)5)27(42)8-3/h8-10,13-15,18-20H,3,6-7,11-12,16-17H2,1-2,4-5H3/t19-,20+. The fourth-order valence-corrected chi connectivity index (χ4v) is 6.20. The molecule has 0 N–H and O–H groups in total. The molecule has 0 spiro atoms. The average Bonchev–Trinajstić information content (AvgIpc) is 2.98. The number of aromatic nitrogens is 5. The van der Waals surface area contributed by atoms with Crippen LogP contribution in [0, 0.1) is 5.82 Å². The monoisotopic (exact) mass is 603 g/mol. The van der Waals surface area contributed by atoms with E-state index in [1.54, 1.807) is 29.2 Å². The third kappa shape index (κ3) is 5.63. The summed E-state index contributed by atoms with van der Waals surface area (Å²) in [7, 11) is 0. The summed E-state index contributed by atoms with van der Waals surface area (Å²) in [5.41, 5.74) is 2.14. The van der Waals surface area contributed by atoms with Gasteiger partial charge in [0.2, 0.25) is 5.91 Å². The van der Waals surface area contributed by atoms with Crippen LogP contribution in [0.15, 0.2) is 54.1 Å². The minimum absolute atomic E-state index is 0.151. The maximum Gasteiger partial charge on any atom is 0.355 e. The number of piperazine rings is 1. The van der Waals surface area contributed by atoms with Gasteiger partial charge in [-0.25, -0.2) is 28.7 Å². The van der Waals surface area contributed by atoms with Crippen LogP contribution in [0.4, 0.5) is 10.2 Å². The number of anilines is 1. The van der Waals surface area contributed by atoms with Gasteiger partial charge in [-0.1, -0.05) is 57.0 Å². The second kappa shape index (κ2) is 12.6. The fourth-order valence-electron chi connectivity index (χ4n) is 5.95. The zero-order valence-electron chi connectivity index (χ0n) is 24.8. The van der Waals surface area contributed by atoms with Gasteiger partial charge >= 0.3 is 5.69 Å². The molecule has 0 bridgehead atoms. The van der Waals surface area contributed by atoms with Crippen molar-refractivity contribution >= 4 is 34.4 Å². The van der Waals surface area contributed by atoms with Crippen LogP contribution in [0.25, 0.3) is 28.0 Å². The number of pyridine rings is 1. The van der Waals surface area contributed by atoms with Crippen molar-refractivity contribution < 1.29 is 9.18 Å². The molecule has 5 rings (SSSR count). The van der Waals surface area contributed by atoms with Crippen LogP contribution in [0.5, 0.6) is 0 Å². The van der Waals surface area contributed by atoms with E-state index in [0.29, 0.717) is 54.2 Å². The van der Waals surface area contributed by atoms with E-state index in [9.17, 15) is 9.59 Å². The Hall–Kier alpha value is -4.18. The summed E-state index contributed by atoms with van der Waals surface area (Å²) < 4.78 is 16.5. The van der Waals surface area contributed by atoms with E-state index in [1.807, 2.05) is 32.6 Å². The van der Waals surface area contributed by atoms with Gasteiger partial charge in [-0.05, 0) is 51.0 Å². The number of amides is 1. The molecule has 3 aromatic heterocycles. The van der Waals surface area contributed by atoms with Crippen molar-refractivity contribution in [2.24, 2.45) is 0 Å². The number of fused-ring (bicyclic) bond motifs is 1. The van der Waals surface area contributed by atoms with E-state index in [0.717, 1.165) is 12.8 Å². The molecule has 0 radical (unpaired) electrons. The van der Waals surface area contributed by atoms with Crippen molar-refractivity contribution in [2.45, 2.75) is 65.5 Å². The molecule has 1 fully saturated rings. The predicted molar refractivity (Wildman–Crippen MR) is 167 cm³/mol. The lowest BCUT2D eigenvalue weighted by Gasteiger charge is -2.45. The van der Waals surface area contributed by atoms with Gasteiger partial charge in [0.1, 0.15) is 18.0 Å². The molecule has 0 unspecified atom stereocenters. The normalized spacial score (nSPS) is 17.0. The maximum absolute atomic E-state index is 15.0. The molecule has 224 valence electrons. The van der Waals surface area contributed by atoms with Crippen LogP contribution in [0.2, 0.25) is 5.02 Å². The van der Waals surface area contributed by atoms with Crippen LogP contribution in [0.1, 0.15) is 51.9 Å². The van der Waals surface area contributed by atoms with Gasteiger partial charge in [0.25, 0.3) is 0 Å². The number of carbonyl (C=O) groups excluding carboxylic acids is 1. The Morgan fingerprint density at radius 3 is 2.28 bits per heavy atom. The second-order valence-electron chi connectivity index (χ2n) is 10.9. The molecule has 0 aliphatic carbocycles. The Morgan fingerprint density at radius 1 is 1.07 bits per heavy atom.